The lowest BCUT2D eigenvalue weighted by Crippen LogP contribution is -2.48. The van der Waals surface area contributed by atoms with Gasteiger partial charge < -0.3 is 9.84 Å². The van der Waals surface area contributed by atoms with E-state index in [9.17, 15) is 13.9 Å². The van der Waals surface area contributed by atoms with E-state index in [-0.39, 0.29) is 18.2 Å². The van der Waals surface area contributed by atoms with Gasteiger partial charge in [0.15, 0.2) is 11.6 Å². The number of fused-ring (bicyclic) bond motifs is 1. The Bertz CT molecular complexity index is 990. The van der Waals surface area contributed by atoms with Crippen molar-refractivity contribution in [3.8, 4) is 5.75 Å². The Labute approximate surface area is 162 Å². The summed E-state index contributed by atoms with van der Waals surface area (Å²) in [5.74, 6) is -0.924. The summed E-state index contributed by atoms with van der Waals surface area (Å²) in [7, 11) is 0. The number of hydrogen-bond donors (Lipinski definition) is 1. The van der Waals surface area contributed by atoms with Crippen molar-refractivity contribution in [1.82, 2.24) is 9.88 Å². The summed E-state index contributed by atoms with van der Waals surface area (Å²) in [5, 5.41) is 11.5. The summed E-state index contributed by atoms with van der Waals surface area (Å²) in [6.07, 6.45) is 1.24. The maximum absolute atomic E-state index is 14.1. The molecule has 4 rings (SSSR count). The second-order valence-corrected chi connectivity index (χ2v) is 7.24. The van der Waals surface area contributed by atoms with E-state index in [2.05, 4.69) is 4.98 Å². The Hall–Kier alpha value is -2.57. The van der Waals surface area contributed by atoms with Gasteiger partial charge in [-0.25, -0.2) is 8.78 Å². The van der Waals surface area contributed by atoms with Crippen molar-refractivity contribution in [1.29, 1.82) is 0 Å². The highest BCUT2D eigenvalue weighted by atomic mass is 19.2. The van der Waals surface area contributed by atoms with Crippen LogP contribution in [0.15, 0.2) is 48.7 Å². The lowest BCUT2D eigenvalue weighted by Gasteiger charge is -2.36. The summed E-state index contributed by atoms with van der Waals surface area (Å²) >= 11 is 0. The van der Waals surface area contributed by atoms with Crippen molar-refractivity contribution in [2.75, 3.05) is 13.1 Å². The van der Waals surface area contributed by atoms with Crippen molar-refractivity contribution in [3.63, 3.8) is 0 Å². The topological polar surface area (TPSA) is 45.6 Å². The van der Waals surface area contributed by atoms with Crippen LogP contribution in [0, 0.1) is 18.6 Å². The van der Waals surface area contributed by atoms with Crippen molar-refractivity contribution in [3.05, 3.63) is 71.4 Å². The SMILES string of the molecule is Cc1ccc(CN2CC[C@@H](Oc3cccc4ncccc34)[C@H](O)C2)c(F)c1F. The van der Waals surface area contributed by atoms with Gasteiger partial charge in [0.05, 0.1) is 5.52 Å². The Morgan fingerprint density at radius 3 is 2.82 bits per heavy atom. The van der Waals surface area contributed by atoms with Crippen LogP contribution in [-0.4, -0.2) is 40.3 Å². The second kappa shape index (κ2) is 7.81. The summed E-state index contributed by atoms with van der Waals surface area (Å²) < 4.78 is 34.0. The predicted octanol–water partition coefficient (Wildman–Crippen LogP) is 3.84. The number of benzene rings is 2. The van der Waals surface area contributed by atoms with Gasteiger partial charge in [-0.05, 0) is 43.2 Å². The summed E-state index contributed by atoms with van der Waals surface area (Å²) in [6, 6.07) is 12.6. The van der Waals surface area contributed by atoms with Gasteiger partial charge in [0, 0.05) is 36.8 Å². The number of aliphatic hydroxyl groups excluding tert-OH is 1. The van der Waals surface area contributed by atoms with Crippen LogP contribution in [0.25, 0.3) is 10.9 Å². The number of nitrogens with zero attached hydrogens (tertiary/aromatic N) is 2. The molecule has 1 aliphatic rings. The molecule has 28 heavy (non-hydrogen) atoms. The van der Waals surface area contributed by atoms with Crippen LogP contribution in [0.5, 0.6) is 5.75 Å². The molecular formula is C22H22F2N2O2. The molecule has 0 aliphatic carbocycles. The number of piperidine rings is 1. The zero-order valence-electron chi connectivity index (χ0n) is 15.6. The maximum Gasteiger partial charge on any atom is 0.163 e. The summed E-state index contributed by atoms with van der Waals surface area (Å²) in [6.45, 7) is 2.75. The number of likely N-dealkylation sites (tertiary alicyclic amines) is 1. The molecule has 1 fully saturated rings. The van der Waals surface area contributed by atoms with Gasteiger partial charge in [0.25, 0.3) is 0 Å². The molecule has 1 saturated heterocycles. The standard InChI is InChI=1S/C22H22F2N2O2/c1-14-7-8-15(22(24)21(14)23)12-26-11-9-20(18(27)13-26)28-19-6-2-5-17-16(19)4-3-10-25-17/h2-8,10,18,20,27H,9,11-13H2,1H3/t18-,20-/m1/s1. The Morgan fingerprint density at radius 1 is 1.14 bits per heavy atom. The van der Waals surface area contributed by atoms with E-state index in [1.165, 1.54) is 6.92 Å². The van der Waals surface area contributed by atoms with Gasteiger partial charge in [0.2, 0.25) is 0 Å². The predicted molar refractivity (Wildman–Crippen MR) is 103 cm³/mol. The van der Waals surface area contributed by atoms with Crippen LogP contribution >= 0.6 is 0 Å². The van der Waals surface area contributed by atoms with Gasteiger partial charge in [-0.15, -0.1) is 0 Å². The number of pyridine rings is 1. The lowest BCUT2D eigenvalue weighted by atomic mass is 10.0. The average molecular weight is 384 g/mol. The van der Waals surface area contributed by atoms with Crippen molar-refractivity contribution < 1.29 is 18.6 Å². The normalized spacial score (nSPS) is 20.4. The van der Waals surface area contributed by atoms with E-state index in [1.807, 2.05) is 35.2 Å². The van der Waals surface area contributed by atoms with E-state index < -0.39 is 17.7 Å². The molecule has 2 heterocycles. The van der Waals surface area contributed by atoms with E-state index in [0.717, 1.165) is 10.9 Å². The Balaban J connectivity index is 1.44. The van der Waals surface area contributed by atoms with Crippen molar-refractivity contribution in [2.24, 2.45) is 0 Å². The lowest BCUT2D eigenvalue weighted by molar-refractivity contribution is -0.0271. The van der Waals surface area contributed by atoms with Gasteiger partial charge >= 0.3 is 0 Å². The molecule has 0 saturated carbocycles. The van der Waals surface area contributed by atoms with E-state index >= 15 is 0 Å². The fraction of sp³-hybridized carbons (Fsp3) is 0.318. The number of halogens is 2. The third kappa shape index (κ3) is 3.70. The second-order valence-electron chi connectivity index (χ2n) is 7.24. The fourth-order valence-corrected chi connectivity index (χ4v) is 3.65. The van der Waals surface area contributed by atoms with E-state index in [4.69, 9.17) is 4.74 Å². The van der Waals surface area contributed by atoms with E-state index in [1.54, 1.807) is 18.3 Å². The Morgan fingerprint density at radius 2 is 2.00 bits per heavy atom. The average Bonchev–Trinajstić information content (AvgIpc) is 2.71. The van der Waals surface area contributed by atoms with Crippen LogP contribution in [0.3, 0.4) is 0 Å². The zero-order chi connectivity index (χ0) is 19.7. The molecule has 3 aromatic rings. The number of ether oxygens (including phenoxy) is 1. The number of aryl methyl sites for hydroxylation is 1. The largest absolute Gasteiger partial charge is 0.487 e. The first-order chi connectivity index (χ1) is 13.5. The Kier molecular flexibility index (Phi) is 5.24. The number of rotatable bonds is 4. The molecular weight excluding hydrogens is 362 g/mol. The highest BCUT2D eigenvalue weighted by Crippen LogP contribution is 2.28. The summed E-state index contributed by atoms with van der Waals surface area (Å²) in [5.41, 5.74) is 1.43. The molecule has 1 N–H and O–H groups in total. The van der Waals surface area contributed by atoms with Gasteiger partial charge in [-0.3, -0.25) is 9.88 Å². The first-order valence-electron chi connectivity index (χ1n) is 9.37. The molecule has 0 bridgehead atoms. The smallest absolute Gasteiger partial charge is 0.163 e. The van der Waals surface area contributed by atoms with Crippen molar-refractivity contribution in [2.45, 2.75) is 32.1 Å². The number of hydrogen-bond acceptors (Lipinski definition) is 4. The minimum absolute atomic E-state index is 0.255. The highest BCUT2D eigenvalue weighted by molar-refractivity contribution is 5.84. The molecule has 0 unspecified atom stereocenters. The summed E-state index contributed by atoms with van der Waals surface area (Å²) in [4.78, 5) is 6.24. The zero-order valence-corrected chi connectivity index (χ0v) is 15.6. The minimum atomic E-state index is -0.809. The molecule has 2 aromatic carbocycles. The quantitative estimate of drug-likeness (QED) is 0.743. The molecule has 146 valence electrons. The molecule has 0 amide bonds. The number of aromatic nitrogens is 1. The fourth-order valence-electron chi connectivity index (χ4n) is 3.65. The van der Waals surface area contributed by atoms with E-state index in [0.29, 0.717) is 30.8 Å². The van der Waals surface area contributed by atoms with Gasteiger partial charge in [-0.2, -0.15) is 0 Å². The maximum atomic E-state index is 14.1. The third-order valence-electron chi connectivity index (χ3n) is 5.24. The van der Waals surface area contributed by atoms with Crippen LogP contribution in [-0.2, 0) is 6.54 Å². The van der Waals surface area contributed by atoms with Gasteiger partial charge in [-0.1, -0.05) is 18.2 Å². The molecule has 1 aromatic heterocycles. The van der Waals surface area contributed by atoms with Crippen LogP contribution in [0.1, 0.15) is 17.5 Å². The number of β-amino-alcohol motifs (C(OH)–C–C–N with tert-alkyl or cyclic N) is 1. The third-order valence-corrected chi connectivity index (χ3v) is 5.24. The first kappa shape index (κ1) is 18.8. The molecule has 0 radical (unpaired) electrons. The molecule has 1 aliphatic heterocycles. The van der Waals surface area contributed by atoms with Crippen LogP contribution < -0.4 is 4.74 Å². The van der Waals surface area contributed by atoms with Crippen LogP contribution in [0.4, 0.5) is 8.78 Å². The molecule has 4 nitrogen and oxygen atoms in total. The number of aliphatic hydroxyl groups is 1. The van der Waals surface area contributed by atoms with Gasteiger partial charge in [0.1, 0.15) is 18.0 Å². The van der Waals surface area contributed by atoms with Crippen molar-refractivity contribution >= 4 is 10.9 Å². The molecule has 2 atom stereocenters. The van der Waals surface area contributed by atoms with Crippen LogP contribution in [0.2, 0.25) is 0 Å². The minimum Gasteiger partial charge on any atom is -0.487 e. The molecule has 0 spiro atoms. The highest BCUT2D eigenvalue weighted by Gasteiger charge is 2.30. The first-order valence-corrected chi connectivity index (χ1v) is 9.37. The molecule has 6 heteroatoms. The monoisotopic (exact) mass is 384 g/mol.